The summed E-state index contributed by atoms with van der Waals surface area (Å²) in [6.45, 7) is 6.48. The molecule has 1 atom stereocenters. The molecule has 1 aliphatic rings. The second-order valence-corrected chi connectivity index (χ2v) is 5.96. The third-order valence-electron chi connectivity index (χ3n) is 2.79. The Hall–Kier alpha value is -1.30. The van der Waals surface area contributed by atoms with E-state index in [4.69, 9.17) is 4.74 Å². The van der Waals surface area contributed by atoms with E-state index in [2.05, 4.69) is 0 Å². The number of ether oxygens (including phenoxy) is 1. The summed E-state index contributed by atoms with van der Waals surface area (Å²) < 4.78 is 5.19. The Labute approximate surface area is 114 Å². The zero-order chi connectivity index (χ0) is 14.6. The van der Waals surface area contributed by atoms with Gasteiger partial charge in [-0.25, -0.2) is 4.79 Å². The summed E-state index contributed by atoms with van der Waals surface area (Å²) in [5.41, 5.74) is -0.554. The van der Waals surface area contributed by atoms with Gasteiger partial charge in [0.1, 0.15) is 5.60 Å². The summed E-state index contributed by atoms with van der Waals surface area (Å²) in [4.78, 5) is 26.1. The standard InChI is InChI=1S/C13H24N2O4/c1-13(2,3)19-12(18)14(4)8-10(16)9-15-7-5-6-11(15)17/h10,16H,5-9H2,1-4H3. The van der Waals surface area contributed by atoms with Crippen LogP contribution in [0.25, 0.3) is 0 Å². The molecule has 0 saturated carbocycles. The molecule has 0 aromatic rings. The van der Waals surface area contributed by atoms with E-state index < -0.39 is 17.8 Å². The molecular formula is C13H24N2O4. The molecule has 1 aliphatic heterocycles. The number of aliphatic hydroxyl groups excluding tert-OH is 1. The molecule has 0 radical (unpaired) electrons. The maximum atomic E-state index is 11.7. The first-order chi connectivity index (χ1) is 8.69. The summed E-state index contributed by atoms with van der Waals surface area (Å²) in [5, 5.41) is 9.90. The van der Waals surface area contributed by atoms with Crippen LogP contribution in [0, 0.1) is 0 Å². The minimum atomic E-state index is -0.750. The lowest BCUT2D eigenvalue weighted by atomic mass is 10.2. The maximum Gasteiger partial charge on any atom is 0.410 e. The zero-order valence-electron chi connectivity index (χ0n) is 12.2. The van der Waals surface area contributed by atoms with Gasteiger partial charge in [-0.3, -0.25) is 4.79 Å². The Morgan fingerprint density at radius 1 is 1.53 bits per heavy atom. The summed E-state index contributed by atoms with van der Waals surface area (Å²) in [5.74, 6) is 0.0685. The number of likely N-dealkylation sites (N-methyl/N-ethyl adjacent to an activating group) is 1. The van der Waals surface area contributed by atoms with Crippen molar-refractivity contribution in [2.45, 2.75) is 45.3 Å². The second kappa shape index (κ2) is 6.23. The predicted octanol–water partition coefficient (Wildman–Crippen LogP) is 0.837. The van der Waals surface area contributed by atoms with Crippen LogP contribution in [0.15, 0.2) is 0 Å². The molecule has 1 heterocycles. The highest BCUT2D eigenvalue weighted by atomic mass is 16.6. The molecule has 1 N–H and O–H groups in total. The van der Waals surface area contributed by atoms with Crippen molar-refractivity contribution in [1.82, 2.24) is 9.80 Å². The van der Waals surface area contributed by atoms with Crippen LogP contribution in [-0.2, 0) is 9.53 Å². The van der Waals surface area contributed by atoms with E-state index in [0.717, 1.165) is 6.42 Å². The molecule has 1 saturated heterocycles. The van der Waals surface area contributed by atoms with Gasteiger partial charge in [0.05, 0.1) is 12.6 Å². The van der Waals surface area contributed by atoms with Gasteiger partial charge in [0.25, 0.3) is 0 Å². The van der Waals surface area contributed by atoms with Gasteiger partial charge in [0, 0.05) is 26.6 Å². The number of hydrogen-bond donors (Lipinski definition) is 1. The van der Waals surface area contributed by atoms with Gasteiger partial charge in [-0.2, -0.15) is 0 Å². The van der Waals surface area contributed by atoms with Crippen LogP contribution in [-0.4, -0.2) is 65.3 Å². The maximum absolute atomic E-state index is 11.7. The van der Waals surface area contributed by atoms with E-state index in [1.54, 1.807) is 32.7 Å². The van der Waals surface area contributed by atoms with Crippen molar-refractivity contribution in [2.24, 2.45) is 0 Å². The third kappa shape index (κ3) is 5.46. The van der Waals surface area contributed by atoms with Gasteiger partial charge in [0.15, 0.2) is 0 Å². The molecule has 6 nitrogen and oxygen atoms in total. The predicted molar refractivity (Wildman–Crippen MR) is 70.7 cm³/mol. The minimum absolute atomic E-state index is 0.0685. The molecule has 1 unspecified atom stereocenters. The van der Waals surface area contributed by atoms with E-state index in [9.17, 15) is 14.7 Å². The van der Waals surface area contributed by atoms with E-state index in [-0.39, 0.29) is 19.0 Å². The first kappa shape index (κ1) is 15.8. The van der Waals surface area contributed by atoms with Crippen LogP contribution in [0.1, 0.15) is 33.6 Å². The summed E-state index contributed by atoms with van der Waals surface area (Å²) >= 11 is 0. The molecule has 1 fully saturated rings. The van der Waals surface area contributed by atoms with Crippen LogP contribution >= 0.6 is 0 Å². The first-order valence-corrected chi connectivity index (χ1v) is 6.59. The van der Waals surface area contributed by atoms with Crippen LogP contribution < -0.4 is 0 Å². The topological polar surface area (TPSA) is 70.1 Å². The number of rotatable bonds is 4. The van der Waals surface area contributed by atoms with Crippen molar-refractivity contribution in [3.8, 4) is 0 Å². The number of aliphatic hydroxyl groups is 1. The van der Waals surface area contributed by atoms with E-state index in [0.29, 0.717) is 13.0 Å². The Morgan fingerprint density at radius 2 is 2.16 bits per heavy atom. The Kier molecular flexibility index (Phi) is 5.17. The van der Waals surface area contributed by atoms with Gasteiger partial charge >= 0.3 is 6.09 Å². The fourth-order valence-electron chi connectivity index (χ4n) is 1.94. The quantitative estimate of drug-likeness (QED) is 0.823. The average molecular weight is 272 g/mol. The molecular weight excluding hydrogens is 248 g/mol. The number of hydrogen-bond acceptors (Lipinski definition) is 4. The monoisotopic (exact) mass is 272 g/mol. The molecule has 1 rings (SSSR count). The highest BCUT2D eigenvalue weighted by molar-refractivity contribution is 5.78. The molecule has 0 spiro atoms. The van der Waals surface area contributed by atoms with Gasteiger partial charge in [-0.15, -0.1) is 0 Å². The number of nitrogens with zero attached hydrogens (tertiary/aromatic N) is 2. The number of amides is 2. The average Bonchev–Trinajstić information content (AvgIpc) is 2.61. The number of carbonyl (C=O) groups excluding carboxylic acids is 2. The van der Waals surface area contributed by atoms with Gasteiger partial charge in [0.2, 0.25) is 5.91 Å². The van der Waals surface area contributed by atoms with Gasteiger partial charge in [-0.1, -0.05) is 0 Å². The van der Waals surface area contributed by atoms with Crippen molar-refractivity contribution < 1.29 is 19.4 Å². The fraction of sp³-hybridized carbons (Fsp3) is 0.846. The lowest BCUT2D eigenvalue weighted by molar-refractivity contribution is -0.129. The molecule has 0 aliphatic carbocycles. The molecule has 19 heavy (non-hydrogen) atoms. The van der Waals surface area contributed by atoms with Crippen molar-refractivity contribution in [3.05, 3.63) is 0 Å². The number of carbonyl (C=O) groups is 2. The van der Waals surface area contributed by atoms with Crippen LogP contribution in [0.2, 0.25) is 0 Å². The SMILES string of the molecule is CN(CC(O)CN1CCCC1=O)C(=O)OC(C)(C)C. The normalized spacial score (nSPS) is 17.5. The molecule has 110 valence electrons. The van der Waals surface area contributed by atoms with Crippen molar-refractivity contribution in [2.75, 3.05) is 26.7 Å². The Balaban J connectivity index is 2.36. The van der Waals surface area contributed by atoms with Crippen molar-refractivity contribution >= 4 is 12.0 Å². The Morgan fingerprint density at radius 3 is 2.63 bits per heavy atom. The van der Waals surface area contributed by atoms with Crippen molar-refractivity contribution in [3.63, 3.8) is 0 Å². The van der Waals surface area contributed by atoms with Crippen LogP contribution in [0.3, 0.4) is 0 Å². The summed E-state index contributed by atoms with van der Waals surface area (Å²) in [7, 11) is 1.57. The summed E-state index contributed by atoms with van der Waals surface area (Å²) in [6, 6.07) is 0. The number of β-amino-alcohol motifs (C(OH)–C–C–N with tert-alkyl or cyclic N) is 1. The summed E-state index contributed by atoms with van der Waals surface area (Å²) in [6.07, 6.45) is 0.168. The van der Waals surface area contributed by atoms with Crippen LogP contribution in [0.5, 0.6) is 0 Å². The smallest absolute Gasteiger partial charge is 0.410 e. The largest absolute Gasteiger partial charge is 0.444 e. The Bertz CT molecular complexity index is 338. The fourth-order valence-corrected chi connectivity index (χ4v) is 1.94. The lowest BCUT2D eigenvalue weighted by Gasteiger charge is -2.27. The van der Waals surface area contributed by atoms with Crippen LogP contribution in [0.4, 0.5) is 4.79 Å². The molecule has 0 aromatic heterocycles. The van der Waals surface area contributed by atoms with Crippen molar-refractivity contribution in [1.29, 1.82) is 0 Å². The van der Waals surface area contributed by atoms with E-state index >= 15 is 0 Å². The molecule has 0 aromatic carbocycles. The third-order valence-corrected chi connectivity index (χ3v) is 2.79. The first-order valence-electron chi connectivity index (χ1n) is 6.59. The molecule has 0 bridgehead atoms. The second-order valence-electron chi connectivity index (χ2n) is 5.96. The number of likely N-dealkylation sites (tertiary alicyclic amines) is 1. The van der Waals surface area contributed by atoms with E-state index in [1.807, 2.05) is 0 Å². The highest BCUT2D eigenvalue weighted by Crippen LogP contribution is 2.12. The van der Waals surface area contributed by atoms with Gasteiger partial charge in [-0.05, 0) is 27.2 Å². The molecule has 2 amide bonds. The highest BCUT2D eigenvalue weighted by Gasteiger charge is 2.25. The lowest BCUT2D eigenvalue weighted by Crippen LogP contribution is -2.43. The van der Waals surface area contributed by atoms with E-state index in [1.165, 1.54) is 4.90 Å². The van der Waals surface area contributed by atoms with Gasteiger partial charge < -0.3 is 19.6 Å². The zero-order valence-corrected chi connectivity index (χ0v) is 12.2. The minimum Gasteiger partial charge on any atom is -0.444 e. The molecule has 6 heteroatoms.